The van der Waals surface area contributed by atoms with Crippen LogP contribution in [0.5, 0.6) is 0 Å². The van der Waals surface area contributed by atoms with E-state index in [0.29, 0.717) is 12.8 Å². The van der Waals surface area contributed by atoms with E-state index in [1.54, 1.807) is 0 Å². The van der Waals surface area contributed by atoms with Gasteiger partial charge in [0.15, 0.2) is 0 Å². The number of amides is 2. The van der Waals surface area contributed by atoms with Crippen molar-refractivity contribution in [1.29, 1.82) is 0 Å². The van der Waals surface area contributed by atoms with E-state index in [0.717, 1.165) is 43.9 Å². The molecule has 2 saturated heterocycles. The third-order valence-electron chi connectivity index (χ3n) is 5.76. The number of piperazine rings is 1. The second-order valence-electron chi connectivity index (χ2n) is 7.77. The number of hydrogen-bond donors (Lipinski definition) is 0. The minimum absolute atomic E-state index is 0.0916. The largest absolute Gasteiger partial charge is 0.333 e. The molecule has 2 amide bonds. The van der Waals surface area contributed by atoms with Crippen molar-refractivity contribution in [2.45, 2.75) is 25.3 Å². The molecule has 2 fully saturated rings. The van der Waals surface area contributed by atoms with Crippen molar-refractivity contribution in [3.8, 4) is 0 Å². The molecular formula is C23H27N3O2. The van der Waals surface area contributed by atoms with Gasteiger partial charge in [-0.25, -0.2) is 0 Å². The van der Waals surface area contributed by atoms with E-state index in [4.69, 9.17) is 0 Å². The molecule has 0 aliphatic carbocycles. The second kappa shape index (κ2) is 8.15. The summed E-state index contributed by atoms with van der Waals surface area (Å²) in [6, 6.07) is 18.3. The molecule has 0 radical (unpaired) electrons. The number of likely N-dealkylation sites (N-methyl/N-ethyl adjacent to an activating group) is 1. The summed E-state index contributed by atoms with van der Waals surface area (Å²) in [5.74, 6) is 0.346. The second-order valence-corrected chi connectivity index (χ2v) is 7.77. The minimum atomic E-state index is 0.0916. The lowest BCUT2D eigenvalue weighted by Crippen LogP contribution is -2.49. The Labute approximate surface area is 166 Å². The Bertz CT molecular complexity index is 835. The molecule has 0 bridgehead atoms. The van der Waals surface area contributed by atoms with Crippen LogP contribution >= 0.6 is 0 Å². The van der Waals surface area contributed by atoms with E-state index in [1.165, 1.54) is 5.56 Å². The predicted octanol–water partition coefficient (Wildman–Crippen LogP) is 2.87. The first-order chi connectivity index (χ1) is 13.6. The Morgan fingerprint density at radius 1 is 1.00 bits per heavy atom. The zero-order valence-corrected chi connectivity index (χ0v) is 16.4. The Hall–Kier alpha value is -2.66. The van der Waals surface area contributed by atoms with Gasteiger partial charge in [-0.3, -0.25) is 9.59 Å². The van der Waals surface area contributed by atoms with Gasteiger partial charge in [-0.05, 0) is 36.7 Å². The van der Waals surface area contributed by atoms with Gasteiger partial charge in [0.25, 0.3) is 0 Å². The van der Waals surface area contributed by atoms with Crippen LogP contribution in [-0.4, -0.2) is 54.8 Å². The maximum Gasteiger partial charge on any atom is 0.227 e. The van der Waals surface area contributed by atoms with Gasteiger partial charge in [0, 0.05) is 38.3 Å². The van der Waals surface area contributed by atoms with Crippen LogP contribution in [0.15, 0.2) is 54.6 Å². The van der Waals surface area contributed by atoms with Gasteiger partial charge in [-0.1, -0.05) is 42.5 Å². The highest BCUT2D eigenvalue weighted by molar-refractivity contribution is 5.95. The summed E-state index contributed by atoms with van der Waals surface area (Å²) >= 11 is 0. The zero-order chi connectivity index (χ0) is 19.5. The number of hydrogen-bond acceptors (Lipinski definition) is 3. The zero-order valence-electron chi connectivity index (χ0n) is 16.4. The highest BCUT2D eigenvalue weighted by Gasteiger charge is 2.30. The van der Waals surface area contributed by atoms with E-state index >= 15 is 0 Å². The molecule has 1 unspecified atom stereocenters. The molecule has 2 aliphatic rings. The Kier molecular flexibility index (Phi) is 5.44. The average Bonchev–Trinajstić information content (AvgIpc) is 3.15. The third kappa shape index (κ3) is 3.94. The maximum absolute atomic E-state index is 13.1. The summed E-state index contributed by atoms with van der Waals surface area (Å²) < 4.78 is 0. The van der Waals surface area contributed by atoms with Gasteiger partial charge < -0.3 is 14.7 Å². The molecule has 146 valence electrons. The van der Waals surface area contributed by atoms with Crippen molar-refractivity contribution in [2.24, 2.45) is 0 Å². The molecule has 0 aromatic heterocycles. The van der Waals surface area contributed by atoms with Crippen LogP contribution < -0.4 is 4.90 Å². The lowest BCUT2D eigenvalue weighted by molar-refractivity contribution is -0.135. The van der Waals surface area contributed by atoms with Gasteiger partial charge in [0.05, 0.1) is 12.5 Å². The molecule has 5 heteroatoms. The number of rotatable bonds is 4. The van der Waals surface area contributed by atoms with Crippen LogP contribution in [-0.2, 0) is 16.0 Å². The number of carbonyl (C=O) groups excluding carboxylic acids is 2. The molecule has 1 atom stereocenters. The van der Waals surface area contributed by atoms with Crippen molar-refractivity contribution in [1.82, 2.24) is 9.80 Å². The molecule has 2 aromatic carbocycles. The first-order valence-corrected chi connectivity index (χ1v) is 10.0. The number of carbonyl (C=O) groups is 2. The molecule has 4 rings (SSSR count). The van der Waals surface area contributed by atoms with Crippen molar-refractivity contribution >= 4 is 17.5 Å². The molecule has 2 heterocycles. The Morgan fingerprint density at radius 2 is 1.75 bits per heavy atom. The fraction of sp³-hybridized carbons (Fsp3) is 0.391. The van der Waals surface area contributed by atoms with Crippen LogP contribution in [0.4, 0.5) is 5.69 Å². The smallest absolute Gasteiger partial charge is 0.227 e. The number of anilines is 1. The van der Waals surface area contributed by atoms with Gasteiger partial charge in [0.1, 0.15) is 0 Å². The first kappa shape index (κ1) is 18.7. The summed E-state index contributed by atoms with van der Waals surface area (Å²) in [6.45, 7) is 3.28. The maximum atomic E-state index is 13.1. The van der Waals surface area contributed by atoms with Gasteiger partial charge in [0.2, 0.25) is 11.8 Å². The number of nitrogens with zero attached hydrogens (tertiary/aromatic N) is 3. The van der Waals surface area contributed by atoms with E-state index in [-0.39, 0.29) is 17.9 Å². The van der Waals surface area contributed by atoms with E-state index in [1.807, 2.05) is 52.3 Å². The van der Waals surface area contributed by atoms with Crippen LogP contribution in [0.2, 0.25) is 0 Å². The number of benzene rings is 2. The molecule has 2 aromatic rings. The molecule has 0 spiro atoms. The van der Waals surface area contributed by atoms with Gasteiger partial charge in [-0.15, -0.1) is 0 Å². The van der Waals surface area contributed by atoms with Crippen LogP contribution in [0, 0.1) is 0 Å². The van der Waals surface area contributed by atoms with E-state index in [9.17, 15) is 9.59 Å². The highest BCUT2D eigenvalue weighted by Crippen LogP contribution is 2.26. The SMILES string of the molecule is CN1CCN(C(=O)Cc2ccc(N3CCCC3=O)cc2)C(c2ccccc2)C1. The lowest BCUT2D eigenvalue weighted by Gasteiger charge is -2.40. The summed E-state index contributed by atoms with van der Waals surface area (Å²) in [5, 5.41) is 0. The summed E-state index contributed by atoms with van der Waals surface area (Å²) in [4.78, 5) is 31.1. The molecular weight excluding hydrogens is 350 g/mol. The molecule has 28 heavy (non-hydrogen) atoms. The monoisotopic (exact) mass is 377 g/mol. The predicted molar refractivity (Wildman–Crippen MR) is 110 cm³/mol. The molecule has 0 saturated carbocycles. The standard InChI is InChI=1S/C23H27N3O2/c1-24-14-15-26(21(17-24)19-6-3-2-4-7-19)23(28)16-18-9-11-20(12-10-18)25-13-5-8-22(25)27/h2-4,6-7,9-12,21H,5,8,13-17H2,1H3. The normalized spacial score (nSPS) is 20.6. The fourth-order valence-corrected chi connectivity index (χ4v) is 4.17. The molecule has 5 nitrogen and oxygen atoms in total. The quantitative estimate of drug-likeness (QED) is 0.823. The van der Waals surface area contributed by atoms with E-state index < -0.39 is 0 Å². The molecule has 2 aliphatic heterocycles. The molecule has 0 N–H and O–H groups in total. The summed E-state index contributed by atoms with van der Waals surface area (Å²) in [5.41, 5.74) is 3.11. The van der Waals surface area contributed by atoms with Crippen LogP contribution in [0.3, 0.4) is 0 Å². The van der Waals surface area contributed by atoms with Crippen molar-refractivity contribution in [2.75, 3.05) is 38.1 Å². The van der Waals surface area contributed by atoms with Crippen LogP contribution in [0.1, 0.15) is 30.0 Å². The van der Waals surface area contributed by atoms with Gasteiger partial charge in [-0.2, -0.15) is 0 Å². The van der Waals surface area contributed by atoms with E-state index in [2.05, 4.69) is 24.1 Å². The Morgan fingerprint density at radius 3 is 2.43 bits per heavy atom. The summed E-state index contributed by atoms with van der Waals surface area (Å²) in [7, 11) is 2.11. The average molecular weight is 377 g/mol. The van der Waals surface area contributed by atoms with Gasteiger partial charge >= 0.3 is 0 Å². The minimum Gasteiger partial charge on any atom is -0.333 e. The third-order valence-corrected chi connectivity index (χ3v) is 5.76. The first-order valence-electron chi connectivity index (χ1n) is 10.0. The topological polar surface area (TPSA) is 43.9 Å². The van der Waals surface area contributed by atoms with Crippen molar-refractivity contribution in [3.05, 3.63) is 65.7 Å². The lowest BCUT2D eigenvalue weighted by atomic mass is 10.0. The fourth-order valence-electron chi connectivity index (χ4n) is 4.17. The van der Waals surface area contributed by atoms with Crippen LogP contribution in [0.25, 0.3) is 0 Å². The highest BCUT2D eigenvalue weighted by atomic mass is 16.2. The van der Waals surface area contributed by atoms with Crippen molar-refractivity contribution in [3.63, 3.8) is 0 Å². The Balaban J connectivity index is 1.46. The van der Waals surface area contributed by atoms with Crippen molar-refractivity contribution < 1.29 is 9.59 Å². The summed E-state index contributed by atoms with van der Waals surface area (Å²) in [6.07, 6.45) is 1.94.